The summed E-state index contributed by atoms with van der Waals surface area (Å²) in [5, 5.41) is 0. The summed E-state index contributed by atoms with van der Waals surface area (Å²) in [6.07, 6.45) is 3.62. The number of fused-ring (bicyclic) bond motifs is 1. The number of oxazole rings is 1. The van der Waals surface area contributed by atoms with Gasteiger partial charge in [-0.25, -0.2) is 4.98 Å². The molecule has 0 fully saturated rings. The topological polar surface area (TPSA) is 38.9 Å². The van der Waals surface area contributed by atoms with E-state index in [1.165, 1.54) is 5.56 Å². The minimum absolute atomic E-state index is 0.655. The zero-order valence-corrected chi connectivity index (χ0v) is 12.2. The van der Waals surface area contributed by atoms with E-state index in [1.807, 2.05) is 48.7 Å². The number of hydrogen-bond acceptors (Lipinski definition) is 3. The standard InChI is InChI=1S/C19H14N2O/c1-13-4-2-5-15(10-13)19-21-17-8-7-14(11-18(17)22-19)16-6-3-9-20-12-16/h2-12H,1H3. The van der Waals surface area contributed by atoms with Crippen LogP contribution in [0.3, 0.4) is 0 Å². The fraction of sp³-hybridized carbons (Fsp3) is 0.0526. The van der Waals surface area contributed by atoms with Crippen molar-refractivity contribution in [1.29, 1.82) is 0 Å². The number of benzene rings is 2. The van der Waals surface area contributed by atoms with Crippen LogP contribution in [0.4, 0.5) is 0 Å². The smallest absolute Gasteiger partial charge is 0.227 e. The van der Waals surface area contributed by atoms with Gasteiger partial charge in [0.2, 0.25) is 5.89 Å². The molecule has 0 radical (unpaired) electrons. The molecule has 0 spiro atoms. The molecule has 3 nitrogen and oxygen atoms in total. The van der Waals surface area contributed by atoms with Crippen LogP contribution in [-0.4, -0.2) is 9.97 Å². The summed E-state index contributed by atoms with van der Waals surface area (Å²) < 4.78 is 5.94. The van der Waals surface area contributed by atoms with Crippen LogP contribution in [0, 0.1) is 6.92 Å². The van der Waals surface area contributed by atoms with Gasteiger partial charge in [-0.15, -0.1) is 0 Å². The van der Waals surface area contributed by atoms with Crippen LogP contribution in [-0.2, 0) is 0 Å². The van der Waals surface area contributed by atoms with E-state index in [-0.39, 0.29) is 0 Å². The van der Waals surface area contributed by atoms with E-state index in [0.717, 1.165) is 27.8 Å². The first-order chi connectivity index (χ1) is 10.8. The van der Waals surface area contributed by atoms with Crippen molar-refractivity contribution >= 4 is 11.1 Å². The maximum atomic E-state index is 5.94. The lowest BCUT2D eigenvalue weighted by Gasteiger charge is -1.99. The van der Waals surface area contributed by atoms with Gasteiger partial charge in [-0.3, -0.25) is 4.98 Å². The van der Waals surface area contributed by atoms with Gasteiger partial charge in [-0.1, -0.05) is 29.8 Å². The summed E-state index contributed by atoms with van der Waals surface area (Å²) in [5.74, 6) is 0.655. The van der Waals surface area contributed by atoms with Gasteiger partial charge in [-0.2, -0.15) is 0 Å². The van der Waals surface area contributed by atoms with Crippen LogP contribution in [0.5, 0.6) is 0 Å². The Morgan fingerprint density at radius 3 is 2.59 bits per heavy atom. The van der Waals surface area contributed by atoms with Gasteiger partial charge in [0.05, 0.1) is 0 Å². The van der Waals surface area contributed by atoms with Crippen LogP contribution < -0.4 is 0 Å². The molecule has 106 valence electrons. The van der Waals surface area contributed by atoms with Crippen molar-refractivity contribution in [2.75, 3.05) is 0 Å². The number of nitrogens with zero attached hydrogens (tertiary/aromatic N) is 2. The predicted molar refractivity (Wildman–Crippen MR) is 87.4 cm³/mol. The molecule has 4 aromatic rings. The largest absolute Gasteiger partial charge is 0.436 e. The first-order valence-corrected chi connectivity index (χ1v) is 7.18. The second-order valence-electron chi connectivity index (χ2n) is 5.31. The lowest BCUT2D eigenvalue weighted by atomic mass is 10.1. The molecule has 0 saturated carbocycles. The van der Waals surface area contributed by atoms with E-state index in [1.54, 1.807) is 6.20 Å². The van der Waals surface area contributed by atoms with Crippen LogP contribution in [0.25, 0.3) is 33.7 Å². The molecule has 0 N–H and O–H groups in total. The SMILES string of the molecule is Cc1cccc(-c2nc3ccc(-c4cccnc4)cc3o2)c1. The lowest BCUT2D eigenvalue weighted by molar-refractivity contribution is 0.620. The quantitative estimate of drug-likeness (QED) is 0.528. The molecule has 2 aromatic carbocycles. The van der Waals surface area contributed by atoms with Crippen LogP contribution in [0.2, 0.25) is 0 Å². The fourth-order valence-electron chi connectivity index (χ4n) is 2.54. The average molecular weight is 286 g/mol. The van der Waals surface area contributed by atoms with Crippen molar-refractivity contribution in [3.63, 3.8) is 0 Å². The van der Waals surface area contributed by atoms with Gasteiger partial charge in [-0.05, 0) is 42.8 Å². The normalized spacial score (nSPS) is 11.0. The summed E-state index contributed by atoms with van der Waals surface area (Å²) in [5.41, 5.74) is 5.99. The predicted octanol–water partition coefficient (Wildman–Crippen LogP) is 4.87. The van der Waals surface area contributed by atoms with E-state index in [4.69, 9.17) is 4.42 Å². The highest BCUT2D eigenvalue weighted by Gasteiger charge is 2.09. The Morgan fingerprint density at radius 1 is 0.864 bits per heavy atom. The molecule has 0 unspecified atom stereocenters. The highest BCUT2D eigenvalue weighted by Crippen LogP contribution is 2.28. The second-order valence-corrected chi connectivity index (χ2v) is 5.31. The molecule has 3 heteroatoms. The van der Waals surface area contributed by atoms with Crippen molar-refractivity contribution in [1.82, 2.24) is 9.97 Å². The van der Waals surface area contributed by atoms with Crippen molar-refractivity contribution in [2.45, 2.75) is 6.92 Å². The number of aryl methyl sites for hydroxylation is 1. The van der Waals surface area contributed by atoms with Crippen molar-refractivity contribution in [2.24, 2.45) is 0 Å². The molecule has 4 rings (SSSR count). The number of aromatic nitrogens is 2. The second kappa shape index (κ2) is 5.11. The average Bonchev–Trinajstić information content (AvgIpc) is 2.99. The monoisotopic (exact) mass is 286 g/mol. The Labute approximate surface area is 128 Å². The Morgan fingerprint density at radius 2 is 1.77 bits per heavy atom. The highest BCUT2D eigenvalue weighted by molar-refractivity contribution is 5.82. The van der Waals surface area contributed by atoms with Gasteiger partial charge in [0, 0.05) is 23.5 Å². The van der Waals surface area contributed by atoms with E-state index in [0.29, 0.717) is 5.89 Å². The molecule has 0 atom stereocenters. The summed E-state index contributed by atoms with van der Waals surface area (Å²) >= 11 is 0. The van der Waals surface area contributed by atoms with E-state index < -0.39 is 0 Å². The molecular weight excluding hydrogens is 272 g/mol. The molecular formula is C19H14N2O. The molecule has 2 aromatic heterocycles. The van der Waals surface area contributed by atoms with Crippen molar-refractivity contribution < 1.29 is 4.42 Å². The van der Waals surface area contributed by atoms with Gasteiger partial charge in [0.15, 0.2) is 5.58 Å². The number of rotatable bonds is 2. The van der Waals surface area contributed by atoms with Crippen molar-refractivity contribution in [3.05, 3.63) is 72.6 Å². The molecule has 0 aliphatic carbocycles. The van der Waals surface area contributed by atoms with E-state index >= 15 is 0 Å². The van der Waals surface area contributed by atoms with E-state index in [2.05, 4.69) is 29.0 Å². The highest BCUT2D eigenvalue weighted by atomic mass is 16.3. The minimum atomic E-state index is 0.655. The third-order valence-electron chi connectivity index (χ3n) is 3.65. The van der Waals surface area contributed by atoms with E-state index in [9.17, 15) is 0 Å². The molecule has 0 saturated heterocycles. The molecule has 0 amide bonds. The van der Waals surface area contributed by atoms with Crippen LogP contribution in [0.1, 0.15) is 5.56 Å². The zero-order chi connectivity index (χ0) is 14.9. The van der Waals surface area contributed by atoms with Gasteiger partial charge < -0.3 is 4.42 Å². The molecule has 0 bridgehead atoms. The Balaban J connectivity index is 1.82. The summed E-state index contributed by atoms with van der Waals surface area (Å²) in [7, 11) is 0. The van der Waals surface area contributed by atoms with Gasteiger partial charge in [0.1, 0.15) is 5.52 Å². The maximum Gasteiger partial charge on any atom is 0.227 e. The number of hydrogen-bond donors (Lipinski definition) is 0. The molecule has 22 heavy (non-hydrogen) atoms. The first-order valence-electron chi connectivity index (χ1n) is 7.18. The molecule has 0 aliphatic heterocycles. The molecule has 2 heterocycles. The zero-order valence-electron chi connectivity index (χ0n) is 12.2. The minimum Gasteiger partial charge on any atom is -0.436 e. The third-order valence-corrected chi connectivity index (χ3v) is 3.65. The lowest BCUT2D eigenvalue weighted by Crippen LogP contribution is -1.79. The van der Waals surface area contributed by atoms with Gasteiger partial charge >= 0.3 is 0 Å². The van der Waals surface area contributed by atoms with Crippen molar-refractivity contribution in [3.8, 4) is 22.6 Å². The summed E-state index contributed by atoms with van der Waals surface area (Å²) in [6, 6.07) is 18.2. The maximum absolute atomic E-state index is 5.94. The Bertz CT molecular complexity index is 942. The molecule has 0 aliphatic rings. The van der Waals surface area contributed by atoms with Crippen LogP contribution >= 0.6 is 0 Å². The number of pyridine rings is 1. The fourth-order valence-corrected chi connectivity index (χ4v) is 2.54. The summed E-state index contributed by atoms with van der Waals surface area (Å²) in [6.45, 7) is 2.06. The third kappa shape index (κ3) is 2.27. The van der Waals surface area contributed by atoms with Gasteiger partial charge in [0.25, 0.3) is 0 Å². The van der Waals surface area contributed by atoms with Crippen LogP contribution in [0.15, 0.2) is 71.4 Å². The Kier molecular flexibility index (Phi) is 2.97. The first kappa shape index (κ1) is 12.8. The summed E-state index contributed by atoms with van der Waals surface area (Å²) in [4.78, 5) is 8.73. The Hall–Kier alpha value is -2.94.